The molecule has 0 radical (unpaired) electrons. The van der Waals surface area contributed by atoms with E-state index in [0.717, 1.165) is 25.7 Å². The molecule has 0 aromatic heterocycles. The number of ether oxygens (including phenoxy) is 1. The number of benzene rings is 1. The predicted molar refractivity (Wildman–Crippen MR) is 75.8 cm³/mol. The highest BCUT2D eigenvalue weighted by Crippen LogP contribution is 2.27. The highest BCUT2D eigenvalue weighted by atomic mass is 16.5. The molecule has 2 heteroatoms. The van der Waals surface area contributed by atoms with E-state index in [4.69, 9.17) is 4.74 Å². The Morgan fingerprint density at radius 2 is 2.11 bits per heavy atom. The lowest BCUT2D eigenvalue weighted by Gasteiger charge is -2.27. The average molecular weight is 247 g/mol. The molecule has 1 atom stereocenters. The minimum absolute atomic E-state index is 0.498. The monoisotopic (exact) mass is 247 g/mol. The quantitative estimate of drug-likeness (QED) is 0.860. The number of rotatable bonds is 5. The first-order chi connectivity index (χ1) is 8.79. The third-order valence-electron chi connectivity index (χ3n) is 3.80. The Morgan fingerprint density at radius 1 is 1.33 bits per heavy atom. The smallest absolute Gasteiger partial charge is 0.0468 e. The van der Waals surface area contributed by atoms with Crippen LogP contribution in [0.5, 0.6) is 0 Å². The van der Waals surface area contributed by atoms with Gasteiger partial charge in [0, 0.05) is 19.3 Å². The highest BCUT2D eigenvalue weighted by molar-refractivity contribution is 5.25. The summed E-state index contributed by atoms with van der Waals surface area (Å²) in [5.74, 6) is 0.809. The summed E-state index contributed by atoms with van der Waals surface area (Å²) in [5, 5.41) is 3.63. The third-order valence-corrected chi connectivity index (χ3v) is 3.80. The summed E-state index contributed by atoms with van der Waals surface area (Å²) in [5.41, 5.74) is 2.78. The van der Waals surface area contributed by atoms with Crippen molar-refractivity contribution in [3.8, 4) is 0 Å². The molecule has 0 amide bonds. The largest absolute Gasteiger partial charge is 0.381 e. The summed E-state index contributed by atoms with van der Waals surface area (Å²) < 4.78 is 5.45. The van der Waals surface area contributed by atoms with Crippen LogP contribution < -0.4 is 5.32 Å². The van der Waals surface area contributed by atoms with Crippen molar-refractivity contribution in [3.05, 3.63) is 35.4 Å². The number of hydrogen-bond acceptors (Lipinski definition) is 2. The van der Waals surface area contributed by atoms with Gasteiger partial charge in [0.2, 0.25) is 0 Å². The number of nitrogens with one attached hydrogen (secondary N) is 1. The summed E-state index contributed by atoms with van der Waals surface area (Å²) >= 11 is 0. The topological polar surface area (TPSA) is 21.3 Å². The number of hydrogen-bond donors (Lipinski definition) is 1. The fraction of sp³-hybridized carbons (Fsp3) is 0.625. The Kier molecular flexibility index (Phi) is 5.21. The molecule has 18 heavy (non-hydrogen) atoms. The van der Waals surface area contributed by atoms with Crippen molar-refractivity contribution in [2.45, 2.75) is 39.2 Å². The lowest BCUT2D eigenvalue weighted by atomic mass is 9.89. The summed E-state index contributed by atoms with van der Waals surface area (Å²) in [4.78, 5) is 0. The zero-order valence-corrected chi connectivity index (χ0v) is 11.6. The second-order valence-corrected chi connectivity index (χ2v) is 5.32. The maximum Gasteiger partial charge on any atom is 0.0468 e. The van der Waals surface area contributed by atoms with E-state index in [1.165, 1.54) is 30.4 Å². The van der Waals surface area contributed by atoms with Crippen LogP contribution in [0.1, 0.15) is 43.4 Å². The first-order valence-electron chi connectivity index (χ1n) is 7.17. The van der Waals surface area contributed by atoms with E-state index in [-0.39, 0.29) is 0 Å². The molecule has 1 N–H and O–H groups in total. The van der Waals surface area contributed by atoms with E-state index in [9.17, 15) is 0 Å². The SMILES string of the molecule is CCNC(CC1CCOCC1)c1cccc(C)c1. The van der Waals surface area contributed by atoms with Gasteiger partial charge in [-0.05, 0) is 44.2 Å². The van der Waals surface area contributed by atoms with Crippen LogP contribution in [-0.2, 0) is 4.74 Å². The first-order valence-corrected chi connectivity index (χ1v) is 7.17. The normalized spacial score (nSPS) is 18.8. The summed E-state index contributed by atoms with van der Waals surface area (Å²) in [6, 6.07) is 9.39. The van der Waals surface area contributed by atoms with Gasteiger partial charge >= 0.3 is 0 Å². The standard InChI is InChI=1S/C16H25NO/c1-3-17-16(12-14-7-9-18-10-8-14)15-6-4-5-13(2)11-15/h4-6,11,14,16-17H,3,7-10,12H2,1-2H3. The van der Waals surface area contributed by atoms with Crippen molar-refractivity contribution in [2.24, 2.45) is 5.92 Å². The fourth-order valence-electron chi connectivity index (χ4n) is 2.79. The molecule has 1 fully saturated rings. The molecule has 1 aromatic rings. The molecule has 1 aliphatic rings. The molecule has 1 saturated heterocycles. The maximum atomic E-state index is 5.45. The molecule has 100 valence electrons. The second kappa shape index (κ2) is 6.91. The van der Waals surface area contributed by atoms with Crippen LogP contribution in [0.4, 0.5) is 0 Å². The van der Waals surface area contributed by atoms with Crippen LogP contribution in [0.15, 0.2) is 24.3 Å². The Labute approximate surface area is 111 Å². The molecular formula is C16H25NO. The molecule has 1 aliphatic heterocycles. The van der Waals surface area contributed by atoms with E-state index in [1.807, 2.05) is 0 Å². The second-order valence-electron chi connectivity index (χ2n) is 5.32. The van der Waals surface area contributed by atoms with Crippen LogP contribution in [0.2, 0.25) is 0 Å². The van der Waals surface area contributed by atoms with Gasteiger partial charge in [0.15, 0.2) is 0 Å². The Bertz CT molecular complexity index is 358. The van der Waals surface area contributed by atoms with E-state index < -0.39 is 0 Å². The van der Waals surface area contributed by atoms with E-state index >= 15 is 0 Å². The summed E-state index contributed by atoms with van der Waals surface area (Å²) in [7, 11) is 0. The van der Waals surface area contributed by atoms with E-state index in [1.54, 1.807) is 0 Å². The zero-order valence-electron chi connectivity index (χ0n) is 11.6. The van der Waals surface area contributed by atoms with Crippen LogP contribution in [-0.4, -0.2) is 19.8 Å². The molecule has 1 aromatic carbocycles. The van der Waals surface area contributed by atoms with Crippen molar-refractivity contribution < 1.29 is 4.74 Å². The Balaban J connectivity index is 2.02. The van der Waals surface area contributed by atoms with Crippen LogP contribution in [0.3, 0.4) is 0 Å². The first kappa shape index (κ1) is 13.6. The van der Waals surface area contributed by atoms with Crippen LogP contribution in [0, 0.1) is 12.8 Å². The fourth-order valence-corrected chi connectivity index (χ4v) is 2.79. The van der Waals surface area contributed by atoms with Gasteiger partial charge in [-0.15, -0.1) is 0 Å². The Hall–Kier alpha value is -0.860. The lowest BCUT2D eigenvalue weighted by Crippen LogP contribution is -2.26. The summed E-state index contributed by atoms with van der Waals surface area (Å²) in [6.07, 6.45) is 3.67. The number of aryl methyl sites for hydroxylation is 1. The maximum absolute atomic E-state index is 5.45. The van der Waals surface area contributed by atoms with Gasteiger partial charge in [-0.2, -0.15) is 0 Å². The molecule has 2 nitrogen and oxygen atoms in total. The van der Waals surface area contributed by atoms with Gasteiger partial charge < -0.3 is 10.1 Å². The third kappa shape index (κ3) is 3.82. The lowest BCUT2D eigenvalue weighted by molar-refractivity contribution is 0.0606. The zero-order chi connectivity index (χ0) is 12.8. The van der Waals surface area contributed by atoms with Crippen molar-refractivity contribution in [2.75, 3.05) is 19.8 Å². The summed E-state index contributed by atoms with van der Waals surface area (Å²) in [6.45, 7) is 7.27. The highest BCUT2D eigenvalue weighted by Gasteiger charge is 2.19. The van der Waals surface area contributed by atoms with Crippen LogP contribution >= 0.6 is 0 Å². The minimum Gasteiger partial charge on any atom is -0.381 e. The molecule has 0 aliphatic carbocycles. The van der Waals surface area contributed by atoms with E-state index in [2.05, 4.69) is 43.4 Å². The van der Waals surface area contributed by atoms with Crippen molar-refractivity contribution in [1.29, 1.82) is 0 Å². The van der Waals surface area contributed by atoms with E-state index in [0.29, 0.717) is 6.04 Å². The van der Waals surface area contributed by atoms with Gasteiger partial charge in [-0.1, -0.05) is 36.8 Å². The molecule has 0 spiro atoms. The van der Waals surface area contributed by atoms with Crippen LogP contribution in [0.25, 0.3) is 0 Å². The molecule has 0 bridgehead atoms. The molecule has 0 saturated carbocycles. The van der Waals surface area contributed by atoms with Gasteiger partial charge in [0.25, 0.3) is 0 Å². The molecular weight excluding hydrogens is 222 g/mol. The molecule has 1 heterocycles. The minimum atomic E-state index is 0.498. The van der Waals surface area contributed by atoms with Crippen molar-refractivity contribution in [1.82, 2.24) is 5.32 Å². The van der Waals surface area contributed by atoms with Gasteiger partial charge in [0.05, 0.1) is 0 Å². The Morgan fingerprint density at radius 3 is 2.78 bits per heavy atom. The molecule has 2 rings (SSSR count). The van der Waals surface area contributed by atoms with Crippen molar-refractivity contribution >= 4 is 0 Å². The average Bonchev–Trinajstić information content (AvgIpc) is 2.39. The van der Waals surface area contributed by atoms with Gasteiger partial charge in [-0.25, -0.2) is 0 Å². The van der Waals surface area contributed by atoms with Crippen molar-refractivity contribution in [3.63, 3.8) is 0 Å². The van der Waals surface area contributed by atoms with Gasteiger partial charge in [0.1, 0.15) is 0 Å². The predicted octanol–water partition coefficient (Wildman–Crippen LogP) is 3.46. The van der Waals surface area contributed by atoms with Gasteiger partial charge in [-0.3, -0.25) is 0 Å². The molecule has 1 unspecified atom stereocenters.